The second kappa shape index (κ2) is 3.86. The topological polar surface area (TPSA) is 38.0 Å². The zero-order valence-electron chi connectivity index (χ0n) is 9.82. The summed E-state index contributed by atoms with van der Waals surface area (Å²) in [6, 6.07) is 9.11. The number of fused-ring (bicyclic) bond motifs is 1. The lowest BCUT2D eigenvalue weighted by atomic mass is 9.96. The quantitative estimate of drug-likeness (QED) is 0.602. The van der Waals surface area contributed by atoms with Crippen LogP contribution in [0.4, 0.5) is 0 Å². The molecule has 86 valence electrons. The van der Waals surface area contributed by atoms with E-state index in [2.05, 4.69) is 36.6 Å². The molecule has 0 radical (unpaired) electrons. The molecular weight excluding hydrogens is 196 g/mol. The monoisotopic (exact) mass is 216 g/mol. The normalized spacial score (nSPS) is 33.5. The van der Waals surface area contributed by atoms with E-state index in [1.807, 2.05) is 0 Å². The third kappa shape index (κ3) is 1.57. The lowest BCUT2D eigenvalue weighted by molar-refractivity contribution is 0.425. The first-order valence-corrected chi connectivity index (χ1v) is 6.34. The predicted octanol–water partition coefficient (Wildman–Crippen LogP) is 2.55. The molecule has 0 saturated heterocycles. The van der Waals surface area contributed by atoms with Gasteiger partial charge in [-0.15, -0.1) is 0 Å². The summed E-state index contributed by atoms with van der Waals surface area (Å²) in [4.78, 5) is 0. The van der Waals surface area contributed by atoms with Crippen molar-refractivity contribution in [1.82, 2.24) is 5.43 Å². The van der Waals surface area contributed by atoms with E-state index < -0.39 is 0 Å². The third-order valence-electron chi connectivity index (χ3n) is 4.44. The van der Waals surface area contributed by atoms with Crippen LogP contribution < -0.4 is 11.3 Å². The van der Waals surface area contributed by atoms with E-state index in [-0.39, 0.29) is 0 Å². The van der Waals surface area contributed by atoms with Crippen molar-refractivity contribution in [3.8, 4) is 0 Å². The van der Waals surface area contributed by atoms with Crippen LogP contribution in [-0.4, -0.2) is 0 Å². The van der Waals surface area contributed by atoms with Crippen LogP contribution in [0.2, 0.25) is 0 Å². The highest BCUT2D eigenvalue weighted by atomic mass is 15.2. The van der Waals surface area contributed by atoms with Gasteiger partial charge in [-0.05, 0) is 43.1 Å². The molecule has 1 aromatic rings. The molecule has 2 aliphatic carbocycles. The fourth-order valence-electron chi connectivity index (χ4n) is 3.66. The Morgan fingerprint density at radius 3 is 2.69 bits per heavy atom. The Balaban J connectivity index is 1.81. The molecule has 0 aromatic heterocycles. The highest BCUT2D eigenvalue weighted by Gasteiger charge is 2.55. The second-order valence-electron chi connectivity index (χ2n) is 5.39. The largest absolute Gasteiger partial charge is 0.271 e. The van der Waals surface area contributed by atoms with Gasteiger partial charge in [0.05, 0.1) is 0 Å². The van der Waals surface area contributed by atoms with E-state index in [4.69, 9.17) is 5.84 Å². The Bertz CT molecular complexity index is 378. The van der Waals surface area contributed by atoms with Gasteiger partial charge in [-0.25, -0.2) is 0 Å². The van der Waals surface area contributed by atoms with Crippen LogP contribution in [-0.2, 0) is 0 Å². The molecule has 0 spiro atoms. The molecule has 2 heteroatoms. The summed E-state index contributed by atoms with van der Waals surface area (Å²) in [5.74, 6) is 8.43. The molecule has 0 aliphatic heterocycles. The highest BCUT2D eigenvalue weighted by Crippen LogP contribution is 2.61. The van der Waals surface area contributed by atoms with Crippen molar-refractivity contribution in [2.24, 2.45) is 23.6 Å². The van der Waals surface area contributed by atoms with Gasteiger partial charge >= 0.3 is 0 Å². The Labute approximate surface area is 97.2 Å². The second-order valence-corrected chi connectivity index (χ2v) is 5.39. The van der Waals surface area contributed by atoms with Gasteiger partial charge in [0.1, 0.15) is 0 Å². The molecule has 0 heterocycles. The maximum absolute atomic E-state index is 5.75. The van der Waals surface area contributed by atoms with Gasteiger partial charge in [-0.3, -0.25) is 11.3 Å². The van der Waals surface area contributed by atoms with Crippen molar-refractivity contribution in [3.05, 3.63) is 35.4 Å². The fraction of sp³-hybridized carbons (Fsp3) is 0.571. The van der Waals surface area contributed by atoms with E-state index in [1.165, 1.54) is 30.4 Å². The number of hydrazine groups is 1. The molecule has 3 atom stereocenters. The van der Waals surface area contributed by atoms with Gasteiger partial charge in [0.15, 0.2) is 0 Å². The summed E-state index contributed by atoms with van der Waals surface area (Å²) in [7, 11) is 0. The van der Waals surface area contributed by atoms with Crippen LogP contribution >= 0.6 is 0 Å². The van der Waals surface area contributed by atoms with Gasteiger partial charge in [0, 0.05) is 6.04 Å². The van der Waals surface area contributed by atoms with Gasteiger partial charge < -0.3 is 0 Å². The van der Waals surface area contributed by atoms with Crippen molar-refractivity contribution in [2.45, 2.75) is 32.2 Å². The summed E-state index contributed by atoms with van der Waals surface area (Å²) in [5, 5.41) is 0. The van der Waals surface area contributed by atoms with Crippen molar-refractivity contribution in [1.29, 1.82) is 0 Å². The third-order valence-corrected chi connectivity index (χ3v) is 4.44. The van der Waals surface area contributed by atoms with E-state index in [0.29, 0.717) is 6.04 Å². The molecule has 2 aliphatic rings. The van der Waals surface area contributed by atoms with E-state index in [0.717, 1.165) is 17.8 Å². The van der Waals surface area contributed by atoms with Crippen molar-refractivity contribution < 1.29 is 0 Å². The van der Waals surface area contributed by atoms with E-state index in [1.54, 1.807) is 0 Å². The molecule has 3 unspecified atom stereocenters. The number of aryl methyl sites for hydroxylation is 1. The van der Waals surface area contributed by atoms with Gasteiger partial charge in [-0.1, -0.05) is 36.2 Å². The minimum absolute atomic E-state index is 0.371. The van der Waals surface area contributed by atoms with Crippen molar-refractivity contribution in [3.63, 3.8) is 0 Å². The van der Waals surface area contributed by atoms with Gasteiger partial charge in [0.2, 0.25) is 0 Å². The van der Waals surface area contributed by atoms with Crippen molar-refractivity contribution >= 4 is 0 Å². The minimum atomic E-state index is 0.371. The molecule has 0 bridgehead atoms. The average molecular weight is 216 g/mol. The van der Waals surface area contributed by atoms with Crippen LogP contribution in [0, 0.1) is 24.7 Å². The summed E-state index contributed by atoms with van der Waals surface area (Å²) in [5.41, 5.74) is 5.72. The molecule has 0 amide bonds. The average Bonchev–Trinajstić information content (AvgIpc) is 2.74. The zero-order chi connectivity index (χ0) is 11.1. The number of hydrogen-bond acceptors (Lipinski definition) is 2. The zero-order valence-corrected chi connectivity index (χ0v) is 9.82. The lowest BCUT2D eigenvalue weighted by Crippen LogP contribution is -2.30. The summed E-state index contributed by atoms with van der Waals surface area (Å²) < 4.78 is 0. The fourth-order valence-corrected chi connectivity index (χ4v) is 3.66. The number of benzene rings is 1. The molecule has 3 N–H and O–H groups in total. The van der Waals surface area contributed by atoms with Crippen LogP contribution in [0.1, 0.15) is 36.4 Å². The summed E-state index contributed by atoms with van der Waals surface area (Å²) in [6.45, 7) is 2.14. The van der Waals surface area contributed by atoms with Crippen molar-refractivity contribution in [2.75, 3.05) is 0 Å². The molecule has 1 aromatic carbocycles. The number of nitrogens with two attached hydrogens (primary N) is 1. The summed E-state index contributed by atoms with van der Waals surface area (Å²) in [6.07, 6.45) is 4.26. The van der Waals surface area contributed by atoms with E-state index >= 15 is 0 Å². The van der Waals surface area contributed by atoms with Crippen LogP contribution in [0.5, 0.6) is 0 Å². The van der Waals surface area contributed by atoms with Gasteiger partial charge in [-0.2, -0.15) is 0 Å². The molecule has 16 heavy (non-hydrogen) atoms. The molecule has 2 nitrogen and oxygen atoms in total. The maximum Gasteiger partial charge on any atom is 0.0493 e. The van der Waals surface area contributed by atoms with E-state index in [9.17, 15) is 0 Å². The van der Waals surface area contributed by atoms with Crippen LogP contribution in [0.15, 0.2) is 24.3 Å². The molecule has 3 rings (SSSR count). The first-order valence-electron chi connectivity index (χ1n) is 6.34. The Morgan fingerprint density at radius 1 is 1.31 bits per heavy atom. The SMILES string of the molecule is Cc1cccc(C(NN)C2C3CCCC32)c1. The lowest BCUT2D eigenvalue weighted by Gasteiger charge is -2.18. The predicted molar refractivity (Wildman–Crippen MR) is 65.6 cm³/mol. The Kier molecular flexibility index (Phi) is 2.49. The first-order chi connectivity index (χ1) is 7.81. The standard InChI is InChI=1S/C14H20N2/c1-9-4-2-5-10(8-9)14(16-15)13-11-6-3-7-12(11)13/h2,4-5,8,11-14,16H,3,6-7,15H2,1H3. The van der Waals surface area contributed by atoms with Crippen LogP contribution in [0.3, 0.4) is 0 Å². The number of rotatable bonds is 3. The molecular formula is C14H20N2. The highest BCUT2D eigenvalue weighted by molar-refractivity contribution is 5.28. The smallest absolute Gasteiger partial charge is 0.0493 e. The Hall–Kier alpha value is -0.860. The number of nitrogens with one attached hydrogen (secondary N) is 1. The first kappa shape index (κ1) is 10.3. The molecule has 2 fully saturated rings. The molecule has 2 saturated carbocycles. The van der Waals surface area contributed by atoms with Crippen LogP contribution in [0.25, 0.3) is 0 Å². The Morgan fingerprint density at radius 2 is 2.06 bits per heavy atom. The van der Waals surface area contributed by atoms with Gasteiger partial charge in [0.25, 0.3) is 0 Å². The summed E-state index contributed by atoms with van der Waals surface area (Å²) >= 11 is 0. The number of hydrogen-bond donors (Lipinski definition) is 2. The minimum Gasteiger partial charge on any atom is -0.271 e. The maximum atomic E-state index is 5.75.